The summed E-state index contributed by atoms with van der Waals surface area (Å²) < 4.78 is 30.6. The number of nitriles is 1. The zero-order chi connectivity index (χ0) is 24.6. The molecular weight excluding hydrogens is 469 g/mol. The molecule has 0 amide bonds. The van der Waals surface area contributed by atoms with Crippen molar-refractivity contribution in [3.8, 4) is 6.07 Å². The summed E-state index contributed by atoms with van der Waals surface area (Å²) in [5.41, 5.74) is -2.05. The highest BCUT2D eigenvalue weighted by molar-refractivity contribution is 6.31. The molecule has 1 heterocycles. The average Bonchev–Trinajstić information content (AvgIpc) is 3.10. The summed E-state index contributed by atoms with van der Waals surface area (Å²) in [6.07, 6.45) is 1.92. The van der Waals surface area contributed by atoms with E-state index in [1.807, 2.05) is 20.8 Å². The van der Waals surface area contributed by atoms with Crippen LogP contribution < -0.4 is 5.32 Å². The second kappa shape index (κ2) is 9.58. The van der Waals surface area contributed by atoms with Crippen LogP contribution in [0.1, 0.15) is 57.1 Å². The van der Waals surface area contributed by atoms with E-state index < -0.39 is 41.0 Å². The number of rotatable bonds is 7. The molecule has 1 aliphatic rings. The Morgan fingerprint density at radius 3 is 2.45 bits per heavy atom. The Kier molecular flexibility index (Phi) is 7.38. The number of halogens is 4. The van der Waals surface area contributed by atoms with E-state index in [-0.39, 0.29) is 26.6 Å². The second-order valence-electron chi connectivity index (χ2n) is 8.98. The number of aliphatic carboxylic acids is 1. The molecule has 0 spiro atoms. The fraction of sp³-hybridized carbons (Fsp3) is 0.440. The lowest BCUT2D eigenvalue weighted by Crippen LogP contribution is -2.45. The largest absolute Gasteiger partial charge is 0.480 e. The maximum Gasteiger partial charge on any atom is 0.321 e. The lowest BCUT2D eigenvalue weighted by Gasteiger charge is -2.39. The molecule has 4 nitrogen and oxygen atoms in total. The monoisotopic (exact) mass is 494 g/mol. The van der Waals surface area contributed by atoms with Crippen molar-refractivity contribution in [3.63, 3.8) is 0 Å². The standard InChI is InChI=1S/C25H26Cl2F2N2O2/c1-4-24(3,5-2)12-19-25(13-30,16-10-9-14(26)11-18(16)28)20(22(31-19)23(32)33)15-7-6-8-17(27)21(15)29/h6-11,19-20,22,31H,4-5,12H2,1-3H3,(H,32,33). The van der Waals surface area contributed by atoms with E-state index in [1.54, 1.807) is 0 Å². The zero-order valence-corrected chi connectivity index (χ0v) is 20.1. The van der Waals surface area contributed by atoms with Crippen LogP contribution >= 0.6 is 23.2 Å². The third-order valence-corrected chi connectivity index (χ3v) is 7.83. The quantitative estimate of drug-likeness (QED) is 0.463. The highest BCUT2D eigenvalue weighted by atomic mass is 35.5. The van der Waals surface area contributed by atoms with Crippen LogP contribution in [0.5, 0.6) is 0 Å². The van der Waals surface area contributed by atoms with Crippen molar-refractivity contribution in [1.82, 2.24) is 5.32 Å². The Hall–Kier alpha value is -2.20. The minimum Gasteiger partial charge on any atom is -0.480 e. The molecule has 0 bridgehead atoms. The Morgan fingerprint density at radius 2 is 1.91 bits per heavy atom. The zero-order valence-electron chi connectivity index (χ0n) is 18.6. The predicted molar refractivity (Wildman–Crippen MR) is 125 cm³/mol. The fourth-order valence-corrected chi connectivity index (χ4v) is 5.30. The molecule has 4 atom stereocenters. The van der Waals surface area contributed by atoms with Crippen LogP contribution in [-0.2, 0) is 10.2 Å². The SMILES string of the molecule is CCC(C)(CC)CC1NC(C(=O)O)C(c2cccc(Cl)c2F)C1(C#N)c1ccc(Cl)cc1F. The minimum absolute atomic E-state index is 0.0189. The first-order valence-electron chi connectivity index (χ1n) is 10.8. The average molecular weight is 495 g/mol. The summed E-state index contributed by atoms with van der Waals surface area (Å²) in [7, 11) is 0. The Balaban J connectivity index is 2.37. The molecule has 33 heavy (non-hydrogen) atoms. The number of hydrogen-bond acceptors (Lipinski definition) is 3. The number of carboxylic acids is 1. The van der Waals surface area contributed by atoms with Crippen LogP contribution in [0.3, 0.4) is 0 Å². The molecule has 0 aliphatic carbocycles. The summed E-state index contributed by atoms with van der Waals surface area (Å²) in [5.74, 6) is -4.06. The number of hydrogen-bond donors (Lipinski definition) is 2. The van der Waals surface area contributed by atoms with Crippen LogP contribution in [0.25, 0.3) is 0 Å². The van der Waals surface area contributed by atoms with Gasteiger partial charge in [0.15, 0.2) is 0 Å². The molecule has 8 heteroatoms. The first kappa shape index (κ1) is 25.4. The van der Waals surface area contributed by atoms with E-state index in [0.29, 0.717) is 6.42 Å². The molecule has 0 radical (unpaired) electrons. The first-order valence-corrected chi connectivity index (χ1v) is 11.6. The van der Waals surface area contributed by atoms with E-state index in [9.17, 15) is 15.2 Å². The lowest BCUT2D eigenvalue weighted by atomic mass is 9.62. The van der Waals surface area contributed by atoms with Crippen LogP contribution in [0.15, 0.2) is 36.4 Å². The number of carbonyl (C=O) groups is 1. The maximum absolute atomic E-state index is 15.4. The van der Waals surface area contributed by atoms with Gasteiger partial charge in [-0.3, -0.25) is 10.1 Å². The summed E-state index contributed by atoms with van der Waals surface area (Å²) >= 11 is 12.0. The van der Waals surface area contributed by atoms with Gasteiger partial charge in [-0.15, -0.1) is 0 Å². The van der Waals surface area contributed by atoms with Crippen LogP contribution in [0, 0.1) is 28.4 Å². The summed E-state index contributed by atoms with van der Waals surface area (Å²) in [6, 6.07) is 8.31. The summed E-state index contributed by atoms with van der Waals surface area (Å²) in [4.78, 5) is 12.4. The molecule has 2 N–H and O–H groups in total. The minimum atomic E-state index is -1.73. The van der Waals surface area contributed by atoms with Gasteiger partial charge in [0.2, 0.25) is 0 Å². The van der Waals surface area contributed by atoms with Crippen LogP contribution in [-0.4, -0.2) is 23.2 Å². The van der Waals surface area contributed by atoms with Crippen LogP contribution in [0.2, 0.25) is 10.0 Å². The van der Waals surface area contributed by atoms with Gasteiger partial charge in [0, 0.05) is 22.5 Å². The molecular formula is C25H26Cl2F2N2O2. The van der Waals surface area contributed by atoms with E-state index in [4.69, 9.17) is 23.2 Å². The maximum atomic E-state index is 15.4. The number of benzene rings is 2. The smallest absolute Gasteiger partial charge is 0.321 e. The highest BCUT2D eigenvalue weighted by Gasteiger charge is 2.61. The van der Waals surface area contributed by atoms with Crippen molar-refractivity contribution in [2.45, 2.75) is 63.5 Å². The molecule has 1 aliphatic heterocycles. The van der Waals surface area contributed by atoms with Crippen molar-refractivity contribution in [3.05, 3.63) is 69.2 Å². The van der Waals surface area contributed by atoms with Crippen molar-refractivity contribution in [2.75, 3.05) is 0 Å². The highest BCUT2D eigenvalue weighted by Crippen LogP contribution is 2.53. The first-order chi connectivity index (χ1) is 15.5. The third kappa shape index (κ3) is 4.35. The molecule has 1 saturated heterocycles. The molecule has 0 aromatic heterocycles. The predicted octanol–water partition coefficient (Wildman–Crippen LogP) is 6.46. The summed E-state index contributed by atoms with van der Waals surface area (Å²) in [5, 5.41) is 23.7. The Labute approximate surface area is 202 Å². The number of nitrogens with one attached hydrogen (secondary N) is 1. The summed E-state index contributed by atoms with van der Waals surface area (Å²) in [6.45, 7) is 6.06. The number of carboxylic acid groups (broad SMARTS) is 1. The van der Waals surface area contributed by atoms with Crippen molar-refractivity contribution in [2.24, 2.45) is 5.41 Å². The van der Waals surface area contributed by atoms with Crippen LogP contribution in [0.4, 0.5) is 8.78 Å². The van der Waals surface area contributed by atoms with Gasteiger partial charge in [-0.25, -0.2) is 8.78 Å². The van der Waals surface area contributed by atoms with Crippen molar-refractivity contribution >= 4 is 29.2 Å². The number of nitrogens with zero attached hydrogens (tertiary/aromatic N) is 1. The Bertz CT molecular complexity index is 1100. The molecule has 0 saturated carbocycles. The van der Waals surface area contributed by atoms with Crippen molar-refractivity contribution < 1.29 is 18.7 Å². The molecule has 3 rings (SSSR count). The third-order valence-electron chi connectivity index (χ3n) is 7.30. The lowest BCUT2D eigenvalue weighted by molar-refractivity contribution is -0.139. The molecule has 2 aromatic carbocycles. The second-order valence-corrected chi connectivity index (χ2v) is 9.83. The molecule has 2 aromatic rings. The van der Waals surface area contributed by atoms with Gasteiger partial charge >= 0.3 is 5.97 Å². The Morgan fingerprint density at radius 1 is 1.24 bits per heavy atom. The van der Waals surface area contributed by atoms with Gasteiger partial charge in [0.05, 0.1) is 11.1 Å². The van der Waals surface area contributed by atoms with Gasteiger partial charge in [-0.05, 0) is 35.6 Å². The van der Waals surface area contributed by atoms with Gasteiger partial charge in [0.25, 0.3) is 0 Å². The molecule has 176 valence electrons. The van der Waals surface area contributed by atoms with E-state index in [0.717, 1.165) is 18.9 Å². The molecule has 4 unspecified atom stereocenters. The fourth-order valence-electron chi connectivity index (χ4n) is 4.96. The van der Waals surface area contributed by atoms with E-state index >= 15 is 8.78 Å². The normalized spacial score (nSPS) is 25.1. The van der Waals surface area contributed by atoms with E-state index in [2.05, 4.69) is 11.4 Å². The molecule has 1 fully saturated rings. The van der Waals surface area contributed by atoms with E-state index in [1.165, 1.54) is 30.3 Å². The van der Waals surface area contributed by atoms with Gasteiger partial charge in [-0.1, -0.05) is 75.0 Å². The van der Waals surface area contributed by atoms with Gasteiger partial charge in [0.1, 0.15) is 23.1 Å². The van der Waals surface area contributed by atoms with Crippen molar-refractivity contribution in [1.29, 1.82) is 5.26 Å². The topological polar surface area (TPSA) is 73.1 Å². The van der Waals surface area contributed by atoms with Gasteiger partial charge < -0.3 is 5.11 Å². The van der Waals surface area contributed by atoms with Gasteiger partial charge in [-0.2, -0.15) is 5.26 Å².